The van der Waals surface area contributed by atoms with Gasteiger partial charge >= 0.3 is 0 Å². The van der Waals surface area contributed by atoms with E-state index in [4.69, 9.17) is 0 Å². The van der Waals surface area contributed by atoms with Crippen molar-refractivity contribution in [2.45, 2.75) is 38.4 Å². The first-order valence-electron chi connectivity index (χ1n) is 13.1. The van der Waals surface area contributed by atoms with Gasteiger partial charge in [0, 0.05) is 61.9 Å². The summed E-state index contributed by atoms with van der Waals surface area (Å²) in [4.78, 5) is 33.4. The van der Waals surface area contributed by atoms with Crippen LogP contribution in [0.25, 0.3) is 6.08 Å². The molecule has 5 rings (SSSR count). The molecule has 2 N–H and O–H groups in total. The quantitative estimate of drug-likeness (QED) is 0.474. The van der Waals surface area contributed by atoms with E-state index in [0.29, 0.717) is 25.1 Å². The minimum Gasteiger partial charge on any atom is -0.396 e. The summed E-state index contributed by atoms with van der Waals surface area (Å²) >= 11 is 0. The summed E-state index contributed by atoms with van der Waals surface area (Å²) in [7, 11) is 0. The Bertz CT molecular complexity index is 1310. The molecule has 37 heavy (non-hydrogen) atoms. The monoisotopic (exact) mass is 498 g/mol. The van der Waals surface area contributed by atoms with Crippen molar-refractivity contribution in [3.05, 3.63) is 106 Å². The molecule has 3 aromatic rings. The lowest BCUT2D eigenvalue weighted by Gasteiger charge is -2.38. The molecule has 0 saturated carbocycles. The lowest BCUT2D eigenvalue weighted by Crippen LogP contribution is -2.47. The van der Waals surface area contributed by atoms with Gasteiger partial charge in [0.25, 0.3) is 5.56 Å². The molecule has 192 valence electrons. The zero-order valence-corrected chi connectivity index (χ0v) is 21.2. The third kappa shape index (κ3) is 5.02. The van der Waals surface area contributed by atoms with Gasteiger partial charge in [-0.3, -0.25) is 19.5 Å². The van der Waals surface area contributed by atoms with Gasteiger partial charge in [0.05, 0.1) is 12.0 Å². The molecule has 1 fully saturated rings. The Labute approximate surface area is 217 Å². The molecule has 1 saturated heterocycles. The molecule has 0 radical (unpaired) electrons. The van der Waals surface area contributed by atoms with Crippen molar-refractivity contribution in [2.75, 3.05) is 19.7 Å². The Morgan fingerprint density at radius 3 is 2.57 bits per heavy atom. The van der Waals surface area contributed by atoms with Crippen molar-refractivity contribution in [1.82, 2.24) is 19.8 Å². The lowest BCUT2D eigenvalue weighted by atomic mass is 9.86. The average Bonchev–Trinajstić information content (AvgIpc) is 3.15. The molecule has 7 heteroatoms. The van der Waals surface area contributed by atoms with Crippen LogP contribution in [0.15, 0.2) is 77.9 Å². The van der Waals surface area contributed by atoms with Gasteiger partial charge < -0.3 is 15.0 Å². The first-order chi connectivity index (χ1) is 18.1. The van der Waals surface area contributed by atoms with Gasteiger partial charge in [-0.1, -0.05) is 42.5 Å². The molecule has 0 spiro atoms. The van der Waals surface area contributed by atoms with E-state index in [1.54, 1.807) is 12.4 Å². The van der Waals surface area contributed by atoms with Crippen LogP contribution < -0.4 is 10.9 Å². The predicted octanol–water partition coefficient (Wildman–Crippen LogP) is 2.84. The van der Waals surface area contributed by atoms with Gasteiger partial charge in [0.1, 0.15) is 0 Å². The predicted molar refractivity (Wildman–Crippen MR) is 144 cm³/mol. The molecule has 4 heterocycles. The Balaban J connectivity index is 1.45. The average molecular weight is 499 g/mol. The number of rotatable bonds is 9. The Morgan fingerprint density at radius 2 is 1.84 bits per heavy atom. The van der Waals surface area contributed by atoms with Crippen LogP contribution in [0.3, 0.4) is 0 Å². The number of aliphatic hydroxyl groups is 1. The fourth-order valence-corrected chi connectivity index (χ4v) is 6.05. The van der Waals surface area contributed by atoms with Crippen molar-refractivity contribution in [1.29, 1.82) is 0 Å². The van der Waals surface area contributed by atoms with Crippen LogP contribution in [0.5, 0.6) is 0 Å². The third-order valence-electron chi connectivity index (χ3n) is 7.81. The molecule has 0 unspecified atom stereocenters. The summed E-state index contributed by atoms with van der Waals surface area (Å²) in [5.74, 6) is -0.765. The van der Waals surface area contributed by atoms with Crippen molar-refractivity contribution in [2.24, 2.45) is 11.8 Å². The zero-order chi connectivity index (χ0) is 25.8. The number of aromatic nitrogens is 2. The molecular formula is C30H34N4O3. The Kier molecular flexibility index (Phi) is 7.63. The van der Waals surface area contributed by atoms with Gasteiger partial charge in [-0.05, 0) is 55.2 Å². The van der Waals surface area contributed by atoms with Crippen LogP contribution in [-0.4, -0.2) is 51.2 Å². The number of allylic oxidation sites excluding steroid dienone is 1. The van der Waals surface area contributed by atoms with Crippen molar-refractivity contribution >= 4 is 12.0 Å². The molecule has 2 aromatic heterocycles. The molecule has 4 atom stereocenters. The zero-order valence-electron chi connectivity index (χ0n) is 21.2. The summed E-state index contributed by atoms with van der Waals surface area (Å²) in [5, 5.41) is 13.6. The topological polar surface area (TPSA) is 87.5 Å². The summed E-state index contributed by atoms with van der Waals surface area (Å²) in [6.45, 7) is 3.52. The number of aliphatic hydroxyl groups excluding tert-OH is 1. The van der Waals surface area contributed by atoms with Crippen LogP contribution in [0.1, 0.15) is 35.3 Å². The van der Waals surface area contributed by atoms with Crippen LogP contribution in [0.2, 0.25) is 0 Å². The first kappa shape index (κ1) is 25.1. The van der Waals surface area contributed by atoms with Crippen molar-refractivity contribution < 1.29 is 9.90 Å². The summed E-state index contributed by atoms with van der Waals surface area (Å²) < 4.78 is 1.83. The van der Waals surface area contributed by atoms with E-state index in [9.17, 15) is 14.7 Å². The van der Waals surface area contributed by atoms with E-state index in [2.05, 4.69) is 27.3 Å². The lowest BCUT2D eigenvalue weighted by molar-refractivity contribution is -0.127. The molecule has 2 aliphatic rings. The van der Waals surface area contributed by atoms with E-state index < -0.39 is 5.92 Å². The van der Waals surface area contributed by atoms with Gasteiger partial charge in [0.15, 0.2) is 0 Å². The molecule has 7 nitrogen and oxygen atoms in total. The van der Waals surface area contributed by atoms with Gasteiger partial charge in [-0.25, -0.2) is 0 Å². The summed E-state index contributed by atoms with van der Waals surface area (Å²) in [5.41, 5.74) is 3.79. The van der Waals surface area contributed by atoms with E-state index >= 15 is 0 Å². The number of pyridine rings is 2. The molecule has 2 aliphatic heterocycles. The Hall–Kier alpha value is -3.55. The van der Waals surface area contributed by atoms with Gasteiger partial charge in [-0.15, -0.1) is 0 Å². The van der Waals surface area contributed by atoms with Crippen molar-refractivity contribution in [3.63, 3.8) is 0 Å². The van der Waals surface area contributed by atoms with E-state index in [1.807, 2.05) is 66.1 Å². The normalized spacial score (nSPS) is 22.8. The fourth-order valence-electron chi connectivity index (χ4n) is 6.05. The van der Waals surface area contributed by atoms with Crippen molar-refractivity contribution in [3.8, 4) is 0 Å². The SMILES string of the molecule is C/C=C\c1ccc2n(c1=O)C[C@H]1[C@H](CO)[C@@H](C(=O)NCCc3ccncc3)[C@@H]2N1CCc1ccccc1. The third-order valence-corrected chi connectivity index (χ3v) is 7.81. The number of carbonyl (C=O) groups is 1. The molecule has 1 amide bonds. The second-order valence-electron chi connectivity index (χ2n) is 9.88. The number of amides is 1. The highest BCUT2D eigenvalue weighted by Gasteiger charge is 2.55. The smallest absolute Gasteiger partial charge is 0.258 e. The number of benzene rings is 1. The second-order valence-corrected chi connectivity index (χ2v) is 9.88. The van der Waals surface area contributed by atoms with E-state index in [-0.39, 0.29) is 36.1 Å². The minimum absolute atomic E-state index is 0.0382. The molecular weight excluding hydrogens is 464 g/mol. The van der Waals surface area contributed by atoms with E-state index in [0.717, 1.165) is 24.2 Å². The maximum Gasteiger partial charge on any atom is 0.258 e. The number of nitrogens with one attached hydrogen (secondary N) is 1. The number of hydrogen-bond acceptors (Lipinski definition) is 5. The number of nitrogens with zero attached hydrogens (tertiary/aromatic N) is 3. The molecule has 2 bridgehead atoms. The van der Waals surface area contributed by atoms with E-state index in [1.165, 1.54) is 5.56 Å². The second kappa shape index (κ2) is 11.2. The number of carbonyl (C=O) groups excluding carboxylic acids is 1. The highest BCUT2D eigenvalue weighted by molar-refractivity contribution is 5.80. The summed E-state index contributed by atoms with van der Waals surface area (Å²) in [6.07, 6.45) is 8.73. The largest absolute Gasteiger partial charge is 0.396 e. The van der Waals surface area contributed by atoms with Gasteiger partial charge in [-0.2, -0.15) is 0 Å². The first-order valence-corrected chi connectivity index (χ1v) is 13.1. The number of fused-ring (bicyclic) bond motifs is 4. The fraction of sp³-hybridized carbons (Fsp3) is 0.367. The molecule has 1 aromatic carbocycles. The highest BCUT2D eigenvalue weighted by atomic mass is 16.3. The minimum atomic E-state index is -0.441. The van der Waals surface area contributed by atoms with Crippen LogP contribution in [0.4, 0.5) is 0 Å². The summed E-state index contributed by atoms with van der Waals surface area (Å²) in [6, 6.07) is 17.7. The number of hydrogen-bond donors (Lipinski definition) is 2. The van der Waals surface area contributed by atoms with Crippen LogP contribution >= 0.6 is 0 Å². The Morgan fingerprint density at radius 1 is 1.08 bits per heavy atom. The molecule has 0 aliphatic carbocycles. The maximum absolute atomic E-state index is 13.7. The van der Waals surface area contributed by atoms with Crippen LogP contribution in [-0.2, 0) is 24.2 Å². The van der Waals surface area contributed by atoms with Crippen LogP contribution in [0, 0.1) is 11.8 Å². The highest BCUT2D eigenvalue weighted by Crippen LogP contribution is 2.48. The van der Waals surface area contributed by atoms with Gasteiger partial charge in [0.2, 0.25) is 5.91 Å². The standard InChI is InChI=1S/C30H34N4O3/c1-2-6-23-9-10-25-28-27(29(36)32-17-13-22-11-15-31-16-12-22)24(20-35)26(19-34(25)30(23)37)33(28)18-14-21-7-4-3-5-8-21/h2-12,15-16,24,26-28,35H,13-14,17-20H2,1H3,(H,32,36)/b6-2-/t24-,26-,27+,28+/m0/s1. The maximum atomic E-state index is 13.7.